The molecule has 2 fully saturated rings. The Hall–Kier alpha value is -0.950. The van der Waals surface area contributed by atoms with Crippen molar-refractivity contribution >= 4 is 10.0 Å². The van der Waals surface area contributed by atoms with Crippen molar-refractivity contribution in [1.29, 1.82) is 0 Å². The summed E-state index contributed by atoms with van der Waals surface area (Å²) in [5.74, 6) is 0.131. The molecule has 1 aromatic rings. The van der Waals surface area contributed by atoms with Gasteiger partial charge in [-0.2, -0.15) is 4.31 Å². The Bertz CT molecular complexity index is 611. The van der Waals surface area contributed by atoms with Crippen LogP contribution in [0, 0.1) is 0 Å². The van der Waals surface area contributed by atoms with Crippen LogP contribution in [-0.2, 0) is 26.1 Å². The first-order valence-corrected chi connectivity index (χ1v) is 9.94. The quantitative estimate of drug-likeness (QED) is 0.825. The second-order valence-electron chi connectivity index (χ2n) is 6.31. The average molecular weight is 339 g/mol. The van der Waals surface area contributed by atoms with Crippen molar-refractivity contribution in [1.82, 2.24) is 4.31 Å². The van der Waals surface area contributed by atoms with Crippen molar-refractivity contribution < 1.29 is 17.9 Å². The molecule has 1 spiro atoms. The smallest absolute Gasteiger partial charge is 0.213 e. The van der Waals surface area contributed by atoms with E-state index in [-0.39, 0.29) is 17.5 Å². The summed E-state index contributed by atoms with van der Waals surface area (Å²) < 4.78 is 38.2. The molecular weight excluding hydrogens is 314 g/mol. The molecule has 5 nitrogen and oxygen atoms in total. The summed E-state index contributed by atoms with van der Waals surface area (Å²) in [5, 5.41) is 0. The molecule has 3 rings (SSSR count). The zero-order valence-corrected chi connectivity index (χ0v) is 14.4. The molecule has 2 heterocycles. The Morgan fingerprint density at radius 3 is 2.74 bits per heavy atom. The maximum Gasteiger partial charge on any atom is 0.213 e. The Labute approximate surface area is 138 Å². The first-order chi connectivity index (χ1) is 11.1. The van der Waals surface area contributed by atoms with Crippen molar-refractivity contribution in [3.63, 3.8) is 0 Å². The van der Waals surface area contributed by atoms with Crippen LogP contribution in [0.15, 0.2) is 30.3 Å². The molecule has 23 heavy (non-hydrogen) atoms. The fraction of sp³-hybridized carbons (Fsp3) is 0.647. The molecule has 0 bridgehead atoms. The number of sulfonamides is 1. The average Bonchev–Trinajstić information content (AvgIpc) is 3.04. The van der Waals surface area contributed by atoms with E-state index in [9.17, 15) is 8.42 Å². The molecule has 0 unspecified atom stereocenters. The van der Waals surface area contributed by atoms with Gasteiger partial charge in [-0.1, -0.05) is 30.3 Å². The summed E-state index contributed by atoms with van der Waals surface area (Å²) in [6.07, 6.45) is 2.48. The maximum atomic E-state index is 12.2. The molecule has 0 saturated carbocycles. The lowest BCUT2D eigenvalue weighted by Crippen LogP contribution is -2.57. The third-order valence-corrected chi connectivity index (χ3v) is 6.77. The van der Waals surface area contributed by atoms with Gasteiger partial charge in [-0.25, -0.2) is 8.42 Å². The predicted octanol–water partition coefficient (Wildman–Crippen LogP) is 2.18. The molecule has 0 N–H and O–H groups in total. The highest BCUT2D eigenvalue weighted by Crippen LogP contribution is 2.38. The SMILES string of the molecule is CCS(=O)(=O)N1CC[C@@]2(CCCO2)[C@@H](OCc2ccccc2)C1. The van der Waals surface area contributed by atoms with Gasteiger partial charge in [0.05, 0.1) is 18.0 Å². The molecular formula is C17H25NO4S. The largest absolute Gasteiger partial charge is 0.372 e. The van der Waals surface area contributed by atoms with Crippen LogP contribution in [0.4, 0.5) is 0 Å². The Balaban J connectivity index is 1.73. The number of hydrogen-bond acceptors (Lipinski definition) is 4. The van der Waals surface area contributed by atoms with Gasteiger partial charge in [-0.3, -0.25) is 0 Å². The number of hydrogen-bond donors (Lipinski definition) is 0. The van der Waals surface area contributed by atoms with E-state index in [1.807, 2.05) is 30.3 Å². The van der Waals surface area contributed by atoms with E-state index in [2.05, 4.69) is 0 Å². The van der Waals surface area contributed by atoms with Crippen LogP contribution >= 0.6 is 0 Å². The summed E-state index contributed by atoms with van der Waals surface area (Å²) in [6, 6.07) is 9.98. The van der Waals surface area contributed by atoms with Crippen LogP contribution in [0.2, 0.25) is 0 Å². The lowest BCUT2D eigenvalue weighted by Gasteiger charge is -2.44. The third-order valence-electron chi connectivity index (χ3n) is 4.93. The summed E-state index contributed by atoms with van der Waals surface area (Å²) in [6.45, 7) is 3.83. The summed E-state index contributed by atoms with van der Waals surface area (Å²) in [5.41, 5.74) is 0.783. The monoisotopic (exact) mass is 339 g/mol. The van der Waals surface area contributed by atoms with Crippen LogP contribution in [0.3, 0.4) is 0 Å². The molecule has 0 amide bonds. The molecule has 0 aliphatic carbocycles. The number of ether oxygens (including phenoxy) is 2. The minimum atomic E-state index is -3.19. The highest BCUT2D eigenvalue weighted by Gasteiger charge is 2.48. The van der Waals surface area contributed by atoms with Crippen LogP contribution in [0.5, 0.6) is 0 Å². The van der Waals surface area contributed by atoms with Crippen molar-refractivity contribution in [2.75, 3.05) is 25.4 Å². The van der Waals surface area contributed by atoms with Gasteiger partial charge in [-0.15, -0.1) is 0 Å². The van der Waals surface area contributed by atoms with Crippen LogP contribution in [-0.4, -0.2) is 49.9 Å². The summed E-state index contributed by atoms with van der Waals surface area (Å²) in [4.78, 5) is 0. The fourth-order valence-electron chi connectivity index (χ4n) is 3.50. The number of benzene rings is 1. The molecule has 2 saturated heterocycles. The summed E-state index contributed by atoms with van der Waals surface area (Å²) in [7, 11) is -3.19. The van der Waals surface area contributed by atoms with Crippen molar-refractivity contribution in [2.24, 2.45) is 0 Å². The highest BCUT2D eigenvalue weighted by molar-refractivity contribution is 7.89. The van der Waals surface area contributed by atoms with Gasteiger partial charge >= 0.3 is 0 Å². The van der Waals surface area contributed by atoms with Crippen LogP contribution in [0.1, 0.15) is 31.7 Å². The standard InChI is InChI=1S/C17H25NO4S/c1-2-23(19,20)18-11-10-17(9-6-12-22-17)16(13-18)21-14-15-7-4-3-5-8-15/h3-5,7-8,16H,2,6,9-14H2,1H3/t16-,17-/m0/s1. The highest BCUT2D eigenvalue weighted by atomic mass is 32.2. The van der Waals surface area contributed by atoms with Crippen LogP contribution < -0.4 is 0 Å². The first kappa shape index (κ1) is 16.9. The molecule has 2 aliphatic rings. The minimum absolute atomic E-state index is 0.131. The Morgan fingerprint density at radius 1 is 1.30 bits per heavy atom. The summed E-state index contributed by atoms with van der Waals surface area (Å²) >= 11 is 0. The Morgan fingerprint density at radius 2 is 2.09 bits per heavy atom. The van der Waals surface area contributed by atoms with Gasteiger partial charge in [-0.05, 0) is 31.7 Å². The van der Waals surface area contributed by atoms with E-state index < -0.39 is 10.0 Å². The van der Waals surface area contributed by atoms with E-state index in [0.29, 0.717) is 26.1 Å². The van der Waals surface area contributed by atoms with Gasteiger partial charge in [0, 0.05) is 19.7 Å². The number of piperidine rings is 1. The molecule has 6 heteroatoms. The Kier molecular flexibility index (Phi) is 5.06. The topological polar surface area (TPSA) is 55.8 Å². The molecule has 128 valence electrons. The second kappa shape index (κ2) is 6.89. The second-order valence-corrected chi connectivity index (χ2v) is 8.57. The molecule has 0 aromatic heterocycles. The van der Waals surface area contributed by atoms with Gasteiger partial charge in [0.25, 0.3) is 0 Å². The molecule has 2 aliphatic heterocycles. The lowest BCUT2D eigenvalue weighted by atomic mass is 9.86. The first-order valence-electron chi connectivity index (χ1n) is 8.33. The lowest BCUT2D eigenvalue weighted by molar-refractivity contribution is -0.148. The number of rotatable bonds is 5. The van der Waals surface area contributed by atoms with E-state index in [4.69, 9.17) is 9.47 Å². The van der Waals surface area contributed by atoms with Crippen molar-refractivity contribution in [3.8, 4) is 0 Å². The van der Waals surface area contributed by atoms with Crippen molar-refractivity contribution in [2.45, 2.75) is 44.5 Å². The van der Waals surface area contributed by atoms with E-state index in [0.717, 1.165) is 25.0 Å². The van der Waals surface area contributed by atoms with E-state index >= 15 is 0 Å². The molecule has 2 atom stereocenters. The third kappa shape index (κ3) is 3.60. The van der Waals surface area contributed by atoms with Gasteiger partial charge in [0.1, 0.15) is 6.10 Å². The maximum absolute atomic E-state index is 12.2. The van der Waals surface area contributed by atoms with E-state index in [1.165, 1.54) is 0 Å². The van der Waals surface area contributed by atoms with E-state index in [1.54, 1.807) is 11.2 Å². The normalized spacial score (nSPS) is 29.2. The zero-order valence-electron chi connectivity index (χ0n) is 13.6. The fourth-order valence-corrected chi connectivity index (χ4v) is 4.60. The van der Waals surface area contributed by atoms with Crippen LogP contribution in [0.25, 0.3) is 0 Å². The molecule has 1 aromatic carbocycles. The minimum Gasteiger partial charge on any atom is -0.372 e. The zero-order chi connectivity index (χ0) is 16.3. The van der Waals surface area contributed by atoms with Gasteiger partial charge in [0.15, 0.2) is 0 Å². The number of nitrogens with zero attached hydrogens (tertiary/aromatic N) is 1. The van der Waals surface area contributed by atoms with Gasteiger partial charge in [0.2, 0.25) is 10.0 Å². The van der Waals surface area contributed by atoms with Crippen molar-refractivity contribution in [3.05, 3.63) is 35.9 Å². The van der Waals surface area contributed by atoms with Gasteiger partial charge < -0.3 is 9.47 Å². The predicted molar refractivity (Wildman–Crippen MR) is 88.6 cm³/mol. The molecule has 0 radical (unpaired) electrons.